The Bertz CT molecular complexity index is 538. The van der Waals surface area contributed by atoms with E-state index in [4.69, 9.17) is 9.84 Å². The van der Waals surface area contributed by atoms with Gasteiger partial charge in [-0.15, -0.1) is 0 Å². The average Bonchev–Trinajstić information content (AvgIpc) is 2.63. The monoisotopic (exact) mass is 321 g/mol. The van der Waals surface area contributed by atoms with Crippen LogP contribution >= 0.6 is 0 Å². The Kier molecular flexibility index (Phi) is 4.99. The topological polar surface area (TPSA) is 30.3 Å². The van der Waals surface area contributed by atoms with Crippen molar-refractivity contribution in [3.8, 4) is 0 Å². The number of aryl methyl sites for hydroxylation is 1. The molecule has 0 unspecified atom stereocenters. The minimum absolute atomic E-state index is 0.0915. The van der Waals surface area contributed by atoms with E-state index in [2.05, 4.69) is 72.0 Å². The number of morpholine rings is 1. The predicted octanol–water partition coefficient (Wildman–Crippen LogP) is 3.62. The lowest BCUT2D eigenvalue weighted by Gasteiger charge is -2.35. The van der Waals surface area contributed by atoms with Crippen molar-refractivity contribution in [1.29, 1.82) is 0 Å². The Morgan fingerprint density at radius 3 is 1.96 bits per heavy atom. The third-order valence-corrected chi connectivity index (χ3v) is 4.45. The molecule has 132 valence electrons. The highest BCUT2D eigenvalue weighted by atomic mass is 16.5. The molecule has 1 aromatic heterocycles. The lowest BCUT2D eigenvalue weighted by molar-refractivity contribution is -0.0708. The number of hydrogen-bond donors (Lipinski definition) is 0. The zero-order chi connectivity index (χ0) is 17.6. The molecule has 2 atom stereocenters. The van der Waals surface area contributed by atoms with Gasteiger partial charge in [0.1, 0.15) is 0 Å². The Hall–Kier alpha value is -0.870. The smallest absolute Gasteiger partial charge is 0.0805 e. The molecule has 0 N–H and O–H groups in total. The first-order chi connectivity index (χ1) is 10.4. The van der Waals surface area contributed by atoms with Crippen molar-refractivity contribution in [2.45, 2.75) is 85.0 Å². The molecule has 2 rings (SSSR count). The third kappa shape index (κ3) is 4.16. The molecule has 2 heterocycles. The molecule has 0 radical (unpaired) electrons. The summed E-state index contributed by atoms with van der Waals surface area (Å²) in [5.74, 6) is 0. The van der Waals surface area contributed by atoms with Gasteiger partial charge >= 0.3 is 0 Å². The van der Waals surface area contributed by atoms with Gasteiger partial charge in [-0.05, 0) is 19.3 Å². The Labute approximate surface area is 142 Å². The van der Waals surface area contributed by atoms with Crippen LogP contribution in [-0.2, 0) is 29.2 Å². The molecule has 0 amide bonds. The molecule has 0 aromatic carbocycles. The lowest BCUT2D eigenvalue weighted by Crippen LogP contribution is -2.45. The molecule has 1 aromatic rings. The highest BCUT2D eigenvalue weighted by Crippen LogP contribution is 2.36. The van der Waals surface area contributed by atoms with Gasteiger partial charge in [0.25, 0.3) is 0 Å². The van der Waals surface area contributed by atoms with Crippen molar-refractivity contribution in [3.63, 3.8) is 0 Å². The van der Waals surface area contributed by atoms with Crippen LogP contribution in [0.15, 0.2) is 0 Å². The van der Waals surface area contributed by atoms with Gasteiger partial charge in [0.05, 0.1) is 17.9 Å². The first-order valence-corrected chi connectivity index (χ1v) is 8.84. The van der Waals surface area contributed by atoms with E-state index in [1.807, 2.05) is 0 Å². The maximum absolute atomic E-state index is 5.87. The molecule has 1 aliphatic heterocycles. The highest BCUT2D eigenvalue weighted by Gasteiger charge is 2.33. The zero-order valence-electron chi connectivity index (χ0n) is 16.5. The van der Waals surface area contributed by atoms with Crippen molar-refractivity contribution in [1.82, 2.24) is 14.7 Å². The summed E-state index contributed by atoms with van der Waals surface area (Å²) in [5.41, 5.74) is 4.18. The summed E-state index contributed by atoms with van der Waals surface area (Å²) in [6.07, 6.45) is 0.588. The van der Waals surface area contributed by atoms with Crippen LogP contribution in [0.2, 0.25) is 0 Å². The van der Waals surface area contributed by atoms with E-state index >= 15 is 0 Å². The fourth-order valence-corrected chi connectivity index (χ4v) is 3.96. The van der Waals surface area contributed by atoms with Crippen molar-refractivity contribution in [2.75, 3.05) is 13.1 Å². The first-order valence-electron chi connectivity index (χ1n) is 8.84. The highest BCUT2D eigenvalue weighted by molar-refractivity contribution is 5.37. The maximum atomic E-state index is 5.87. The van der Waals surface area contributed by atoms with Crippen LogP contribution < -0.4 is 0 Å². The molecule has 4 heteroatoms. The zero-order valence-corrected chi connectivity index (χ0v) is 16.5. The normalized spacial score (nSPS) is 24.2. The SMILES string of the molecule is C[C@@H]1CN(Cc2nn(C)c(C(C)(C)C)c2C(C)(C)C)C[C@H](C)O1. The first kappa shape index (κ1) is 18.5. The summed E-state index contributed by atoms with van der Waals surface area (Å²) in [7, 11) is 2.09. The summed E-state index contributed by atoms with van der Waals surface area (Å²) in [6.45, 7) is 20.9. The second-order valence-corrected chi connectivity index (χ2v) is 9.25. The van der Waals surface area contributed by atoms with Crippen LogP contribution in [-0.4, -0.2) is 40.0 Å². The number of ether oxygens (including phenoxy) is 1. The molecule has 4 nitrogen and oxygen atoms in total. The van der Waals surface area contributed by atoms with Crippen molar-refractivity contribution >= 4 is 0 Å². The molecular weight excluding hydrogens is 286 g/mol. The Morgan fingerprint density at radius 1 is 1.00 bits per heavy atom. The molecule has 1 saturated heterocycles. The van der Waals surface area contributed by atoms with Crippen LogP contribution in [0.1, 0.15) is 72.3 Å². The molecule has 0 aliphatic carbocycles. The summed E-state index contributed by atoms with van der Waals surface area (Å²) in [4.78, 5) is 2.49. The van der Waals surface area contributed by atoms with Gasteiger partial charge in [0, 0.05) is 43.4 Å². The summed E-state index contributed by atoms with van der Waals surface area (Å²) in [5, 5.41) is 4.92. The molecule has 0 spiro atoms. The van der Waals surface area contributed by atoms with E-state index in [9.17, 15) is 0 Å². The van der Waals surface area contributed by atoms with Crippen molar-refractivity contribution in [3.05, 3.63) is 17.0 Å². The molecule has 1 aliphatic rings. The van der Waals surface area contributed by atoms with Crippen molar-refractivity contribution in [2.24, 2.45) is 7.05 Å². The fraction of sp³-hybridized carbons (Fsp3) is 0.842. The minimum atomic E-state index is 0.0915. The van der Waals surface area contributed by atoms with Crippen LogP contribution in [0.5, 0.6) is 0 Å². The fourth-order valence-electron chi connectivity index (χ4n) is 3.96. The van der Waals surface area contributed by atoms with Gasteiger partial charge in [0.2, 0.25) is 0 Å². The predicted molar refractivity (Wildman–Crippen MR) is 95.9 cm³/mol. The molecule has 1 fully saturated rings. The van der Waals surface area contributed by atoms with Crippen LogP contribution in [0.3, 0.4) is 0 Å². The van der Waals surface area contributed by atoms with E-state index < -0.39 is 0 Å². The maximum Gasteiger partial charge on any atom is 0.0805 e. The van der Waals surface area contributed by atoms with E-state index in [1.165, 1.54) is 17.0 Å². The van der Waals surface area contributed by atoms with Gasteiger partial charge < -0.3 is 4.74 Å². The van der Waals surface area contributed by atoms with Crippen LogP contribution in [0.4, 0.5) is 0 Å². The van der Waals surface area contributed by atoms with Crippen LogP contribution in [0.25, 0.3) is 0 Å². The van der Waals surface area contributed by atoms with E-state index in [1.54, 1.807) is 0 Å². The number of rotatable bonds is 2. The van der Waals surface area contributed by atoms with Gasteiger partial charge in [0.15, 0.2) is 0 Å². The van der Waals surface area contributed by atoms with Gasteiger partial charge in [-0.2, -0.15) is 5.10 Å². The minimum Gasteiger partial charge on any atom is -0.373 e. The number of hydrogen-bond acceptors (Lipinski definition) is 3. The number of nitrogens with zero attached hydrogens (tertiary/aromatic N) is 3. The summed E-state index contributed by atoms with van der Waals surface area (Å²) >= 11 is 0. The average molecular weight is 322 g/mol. The molecule has 0 saturated carbocycles. The number of aromatic nitrogens is 2. The summed E-state index contributed by atoms with van der Waals surface area (Å²) in [6, 6.07) is 0. The van der Waals surface area contributed by atoms with E-state index in [-0.39, 0.29) is 10.8 Å². The van der Waals surface area contributed by atoms with Gasteiger partial charge in [-0.1, -0.05) is 41.5 Å². The standard InChI is InChI=1S/C19H35N3O/c1-13-10-22(11-14(2)23-13)12-15-16(18(3,4)5)17(19(6,7)8)21(9)20-15/h13-14H,10-12H2,1-9H3/t13-,14+. The second kappa shape index (κ2) is 6.21. The van der Waals surface area contributed by atoms with Gasteiger partial charge in [-0.3, -0.25) is 9.58 Å². The second-order valence-electron chi connectivity index (χ2n) is 9.25. The lowest BCUT2D eigenvalue weighted by atomic mass is 9.78. The third-order valence-electron chi connectivity index (χ3n) is 4.45. The molecule has 23 heavy (non-hydrogen) atoms. The quantitative estimate of drug-likeness (QED) is 0.833. The van der Waals surface area contributed by atoms with Gasteiger partial charge in [-0.25, -0.2) is 0 Å². The molecular formula is C19H35N3O. The van der Waals surface area contributed by atoms with Crippen molar-refractivity contribution < 1.29 is 4.74 Å². The van der Waals surface area contributed by atoms with E-state index in [0.717, 1.165) is 19.6 Å². The molecule has 0 bridgehead atoms. The van der Waals surface area contributed by atoms with E-state index in [0.29, 0.717) is 12.2 Å². The summed E-state index contributed by atoms with van der Waals surface area (Å²) < 4.78 is 7.97. The Morgan fingerprint density at radius 2 is 1.52 bits per heavy atom. The largest absolute Gasteiger partial charge is 0.373 e. The van der Waals surface area contributed by atoms with Crippen LogP contribution in [0, 0.1) is 0 Å². The Balaban J connectivity index is 2.39.